The van der Waals surface area contributed by atoms with Crippen LogP contribution in [0, 0.1) is 6.92 Å². The number of aryl methyl sites for hydroxylation is 2. The van der Waals surface area contributed by atoms with Gasteiger partial charge in [-0.2, -0.15) is 0 Å². The summed E-state index contributed by atoms with van der Waals surface area (Å²) in [4.78, 5) is 17.9. The molecule has 0 saturated heterocycles. The van der Waals surface area contributed by atoms with E-state index in [9.17, 15) is 4.79 Å². The molecule has 0 heterocycles. The van der Waals surface area contributed by atoms with Crippen molar-refractivity contribution in [3.8, 4) is 0 Å². The first-order valence-electron chi connectivity index (χ1n) is 7.54. The van der Waals surface area contributed by atoms with E-state index in [-0.39, 0.29) is 5.78 Å². The zero-order chi connectivity index (χ0) is 15.5. The quantitative estimate of drug-likeness (QED) is 0.635. The summed E-state index contributed by atoms with van der Waals surface area (Å²) in [5.41, 5.74) is 5.54. The maximum Gasteiger partial charge on any atom is 0.193 e. The van der Waals surface area contributed by atoms with Gasteiger partial charge in [0.2, 0.25) is 0 Å². The average molecular weight is 293 g/mol. The molecule has 0 aliphatic heterocycles. The van der Waals surface area contributed by atoms with E-state index in [1.54, 1.807) is 7.11 Å². The maximum absolute atomic E-state index is 12.9. The van der Waals surface area contributed by atoms with Crippen molar-refractivity contribution in [2.45, 2.75) is 26.2 Å². The Morgan fingerprint density at radius 3 is 2.73 bits per heavy atom. The van der Waals surface area contributed by atoms with E-state index < -0.39 is 0 Å². The van der Waals surface area contributed by atoms with Crippen LogP contribution in [0.4, 0.5) is 0 Å². The predicted octanol–water partition coefficient (Wildman–Crippen LogP) is 3.91. The molecule has 112 valence electrons. The molecule has 1 aliphatic rings. The van der Waals surface area contributed by atoms with Gasteiger partial charge in [0, 0.05) is 16.7 Å². The van der Waals surface area contributed by atoms with Gasteiger partial charge in [-0.05, 0) is 37.8 Å². The molecule has 2 aromatic rings. The molecule has 0 radical (unpaired) electrons. The van der Waals surface area contributed by atoms with Gasteiger partial charge in [0.15, 0.2) is 5.78 Å². The van der Waals surface area contributed by atoms with Crippen LogP contribution < -0.4 is 0 Å². The SMILES string of the molecule is CO/N=C1\CCCc2cccc(C(=O)c3cccc(C)c3)c21. The molecule has 0 N–H and O–H groups in total. The van der Waals surface area contributed by atoms with Gasteiger partial charge < -0.3 is 4.84 Å². The molecule has 0 amide bonds. The van der Waals surface area contributed by atoms with Gasteiger partial charge in [-0.1, -0.05) is 47.1 Å². The molecule has 1 aliphatic carbocycles. The minimum absolute atomic E-state index is 0.0475. The second-order valence-corrected chi connectivity index (χ2v) is 5.61. The lowest BCUT2D eigenvalue weighted by Gasteiger charge is -2.20. The Balaban J connectivity index is 2.12. The molecule has 0 bridgehead atoms. The number of ketones is 1. The van der Waals surface area contributed by atoms with Gasteiger partial charge in [0.05, 0.1) is 5.71 Å². The molecule has 0 unspecified atom stereocenters. The van der Waals surface area contributed by atoms with Crippen LogP contribution in [-0.2, 0) is 11.3 Å². The first-order valence-corrected chi connectivity index (χ1v) is 7.54. The monoisotopic (exact) mass is 293 g/mol. The molecule has 3 nitrogen and oxygen atoms in total. The van der Waals surface area contributed by atoms with Gasteiger partial charge in [-0.25, -0.2) is 0 Å². The van der Waals surface area contributed by atoms with Crippen molar-refractivity contribution in [2.75, 3.05) is 7.11 Å². The van der Waals surface area contributed by atoms with Gasteiger partial charge in [0.25, 0.3) is 0 Å². The molecule has 0 spiro atoms. The van der Waals surface area contributed by atoms with E-state index in [4.69, 9.17) is 4.84 Å². The number of oxime groups is 1. The van der Waals surface area contributed by atoms with Crippen molar-refractivity contribution < 1.29 is 9.63 Å². The minimum Gasteiger partial charge on any atom is -0.399 e. The Morgan fingerprint density at radius 1 is 1.14 bits per heavy atom. The number of carbonyl (C=O) groups excluding carboxylic acids is 1. The molecule has 0 fully saturated rings. The number of carbonyl (C=O) groups is 1. The van der Waals surface area contributed by atoms with E-state index in [0.717, 1.165) is 47.2 Å². The lowest BCUT2D eigenvalue weighted by Crippen LogP contribution is -2.18. The Morgan fingerprint density at radius 2 is 1.95 bits per heavy atom. The number of hydrogen-bond acceptors (Lipinski definition) is 3. The summed E-state index contributed by atoms with van der Waals surface area (Å²) in [7, 11) is 1.55. The maximum atomic E-state index is 12.9. The second-order valence-electron chi connectivity index (χ2n) is 5.61. The van der Waals surface area contributed by atoms with E-state index >= 15 is 0 Å². The summed E-state index contributed by atoms with van der Waals surface area (Å²) in [6.07, 6.45) is 2.86. The van der Waals surface area contributed by atoms with Gasteiger partial charge in [-0.15, -0.1) is 0 Å². The fourth-order valence-corrected chi connectivity index (χ4v) is 3.05. The molecule has 22 heavy (non-hydrogen) atoms. The molecule has 2 aromatic carbocycles. The normalized spacial score (nSPS) is 15.5. The first-order chi connectivity index (χ1) is 10.7. The Hall–Kier alpha value is -2.42. The summed E-state index contributed by atoms with van der Waals surface area (Å²) >= 11 is 0. The lowest BCUT2D eigenvalue weighted by atomic mass is 9.84. The lowest BCUT2D eigenvalue weighted by molar-refractivity contribution is 0.103. The van der Waals surface area contributed by atoms with Crippen LogP contribution in [0.2, 0.25) is 0 Å². The Kier molecular flexibility index (Phi) is 4.05. The van der Waals surface area contributed by atoms with Crippen molar-refractivity contribution in [1.29, 1.82) is 0 Å². The summed E-state index contributed by atoms with van der Waals surface area (Å²) in [5, 5.41) is 4.14. The van der Waals surface area contributed by atoms with Crippen molar-refractivity contribution in [3.05, 3.63) is 70.3 Å². The molecule has 0 aromatic heterocycles. The highest BCUT2D eigenvalue weighted by Crippen LogP contribution is 2.27. The Bertz CT molecular complexity index is 747. The van der Waals surface area contributed by atoms with Gasteiger partial charge in [0.1, 0.15) is 7.11 Å². The highest BCUT2D eigenvalue weighted by Gasteiger charge is 2.23. The molecule has 0 atom stereocenters. The highest BCUT2D eigenvalue weighted by molar-refractivity contribution is 6.17. The second kappa shape index (κ2) is 6.14. The summed E-state index contributed by atoms with van der Waals surface area (Å²) < 4.78 is 0. The van der Waals surface area contributed by atoms with E-state index in [1.165, 1.54) is 5.56 Å². The fourth-order valence-electron chi connectivity index (χ4n) is 3.05. The fraction of sp³-hybridized carbons (Fsp3) is 0.263. The third kappa shape index (κ3) is 2.67. The molecular weight excluding hydrogens is 274 g/mol. The van der Waals surface area contributed by atoms with E-state index in [0.29, 0.717) is 0 Å². The number of hydrogen-bond donors (Lipinski definition) is 0. The van der Waals surface area contributed by atoms with Crippen LogP contribution in [0.5, 0.6) is 0 Å². The van der Waals surface area contributed by atoms with Crippen LogP contribution >= 0.6 is 0 Å². The largest absolute Gasteiger partial charge is 0.399 e. The van der Waals surface area contributed by atoms with E-state index in [2.05, 4.69) is 11.2 Å². The number of nitrogens with zero attached hydrogens (tertiary/aromatic N) is 1. The number of benzene rings is 2. The summed E-state index contributed by atoms with van der Waals surface area (Å²) in [6, 6.07) is 13.6. The Labute approximate surface area is 130 Å². The summed E-state index contributed by atoms with van der Waals surface area (Å²) in [6.45, 7) is 2.00. The average Bonchev–Trinajstić information content (AvgIpc) is 2.54. The van der Waals surface area contributed by atoms with Crippen molar-refractivity contribution in [1.82, 2.24) is 0 Å². The minimum atomic E-state index is 0.0475. The first kappa shape index (κ1) is 14.5. The summed E-state index contributed by atoms with van der Waals surface area (Å²) in [5.74, 6) is 0.0475. The number of rotatable bonds is 3. The van der Waals surface area contributed by atoms with Crippen LogP contribution in [-0.4, -0.2) is 18.6 Å². The number of fused-ring (bicyclic) bond motifs is 1. The predicted molar refractivity (Wildman–Crippen MR) is 87.5 cm³/mol. The third-order valence-electron chi connectivity index (χ3n) is 4.03. The molecule has 3 heteroatoms. The highest BCUT2D eigenvalue weighted by atomic mass is 16.6. The van der Waals surface area contributed by atoms with Crippen LogP contribution in [0.25, 0.3) is 0 Å². The molecule has 0 saturated carbocycles. The zero-order valence-corrected chi connectivity index (χ0v) is 12.9. The van der Waals surface area contributed by atoms with Gasteiger partial charge in [-0.3, -0.25) is 4.79 Å². The van der Waals surface area contributed by atoms with Crippen LogP contribution in [0.15, 0.2) is 47.6 Å². The molecule has 3 rings (SSSR count). The van der Waals surface area contributed by atoms with Gasteiger partial charge >= 0.3 is 0 Å². The third-order valence-corrected chi connectivity index (χ3v) is 4.03. The van der Waals surface area contributed by atoms with Crippen molar-refractivity contribution >= 4 is 11.5 Å². The van der Waals surface area contributed by atoms with Crippen LogP contribution in [0.3, 0.4) is 0 Å². The molecular formula is C19H19NO2. The zero-order valence-electron chi connectivity index (χ0n) is 12.9. The van der Waals surface area contributed by atoms with Crippen molar-refractivity contribution in [2.24, 2.45) is 5.16 Å². The van der Waals surface area contributed by atoms with E-state index in [1.807, 2.05) is 43.3 Å². The van der Waals surface area contributed by atoms with Crippen molar-refractivity contribution in [3.63, 3.8) is 0 Å². The standard InChI is InChI=1S/C19H19NO2/c1-13-6-3-9-15(12-13)19(21)16-10-4-7-14-8-5-11-17(18(14)16)20-22-2/h3-4,6-7,9-10,12H,5,8,11H2,1-2H3/b20-17+. The topological polar surface area (TPSA) is 38.7 Å². The van der Waals surface area contributed by atoms with Crippen LogP contribution in [0.1, 0.15) is 45.5 Å². The smallest absolute Gasteiger partial charge is 0.193 e.